The molecule has 1 aliphatic heterocycles. The summed E-state index contributed by atoms with van der Waals surface area (Å²) in [6.07, 6.45) is 4.81. The van der Waals surface area contributed by atoms with Gasteiger partial charge in [0.1, 0.15) is 5.82 Å². The number of carbonyl (C=O) groups is 1. The van der Waals surface area contributed by atoms with Crippen molar-refractivity contribution in [1.82, 2.24) is 5.06 Å². The van der Waals surface area contributed by atoms with Crippen LogP contribution in [0, 0.1) is 5.82 Å². The maximum Gasteiger partial charge on any atom is 0.242 e. The highest BCUT2D eigenvalue weighted by atomic mass is 19.1. The molecule has 0 aromatic heterocycles. The van der Waals surface area contributed by atoms with Gasteiger partial charge in [-0.2, -0.15) is 0 Å². The summed E-state index contributed by atoms with van der Waals surface area (Å²) in [6, 6.07) is 6.48. The van der Waals surface area contributed by atoms with Crippen molar-refractivity contribution in [2.75, 3.05) is 6.54 Å². The Morgan fingerprint density at radius 1 is 1.33 bits per heavy atom. The van der Waals surface area contributed by atoms with Gasteiger partial charge in [0, 0.05) is 13.5 Å². The average Bonchev–Trinajstić information content (AvgIpc) is 2.93. The topological polar surface area (TPSA) is 49.8 Å². The molecule has 1 aliphatic rings. The highest BCUT2D eigenvalue weighted by molar-refractivity contribution is 5.71. The lowest BCUT2D eigenvalue weighted by atomic mass is 10.0. The number of ether oxygens (including phenoxy) is 1. The van der Waals surface area contributed by atoms with E-state index in [1.807, 2.05) is 0 Å². The smallest absolute Gasteiger partial charge is 0.242 e. The SMILES string of the molecule is CC(=O)N(O)CCCC[C@@H]1CCC(c2ccc(F)cc2)O1. The predicted octanol–water partition coefficient (Wildman–Crippen LogP) is 3.45. The number of carbonyl (C=O) groups excluding carboxylic acids is 1. The Bertz CT molecular complexity index is 463. The Balaban J connectivity index is 1.68. The standard InChI is InChI=1S/C16H22FNO3/c1-12(19)18(20)11-3-2-4-15-9-10-16(21-15)13-5-7-14(17)8-6-13/h5-8,15-16,20H,2-4,9-11H2,1H3/t15-,16?/m1/s1. The van der Waals surface area contributed by atoms with Crippen LogP contribution in [0.5, 0.6) is 0 Å². The third-order valence-corrected chi connectivity index (χ3v) is 3.86. The summed E-state index contributed by atoms with van der Waals surface area (Å²) < 4.78 is 18.9. The van der Waals surface area contributed by atoms with E-state index in [1.54, 1.807) is 12.1 Å². The fourth-order valence-corrected chi connectivity index (χ4v) is 2.63. The van der Waals surface area contributed by atoms with E-state index in [9.17, 15) is 14.4 Å². The molecule has 1 N–H and O–H groups in total. The van der Waals surface area contributed by atoms with Gasteiger partial charge in [-0.15, -0.1) is 0 Å². The molecule has 21 heavy (non-hydrogen) atoms. The Morgan fingerprint density at radius 3 is 2.71 bits per heavy atom. The zero-order valence-corrected chi connectivity index (χ0v) is 12.3. The van der Waals surface area contributed by atoms with Crippen molar-refractivity contribution < 1.29 is 19.1 Å². The number of amides is 1. The fraction of sp³-hybridized carbons (Fsp3) is 0.562. The molecule has 116 valence electrons. The van der Waals surface area contributed by atoms with E-state index in [-0.39, 0.29) is 23.9 Å². The van der Waals surface area contributed by atoms with Crippen LogP contribution in [-0.4, -0.2) is 28.8 Å². The second kappa shape index (κ2) is 7.52. The number of unbranched alkanes of at least 4 members (excludes halogenated alkanes) is 1. The summed E-state index contributed by atoms with van der Waals surface area (Å²) in [7, 11) is 0. The second-order valence-electron chi connectivity index (χ2n) is 5.51. The molecule has 4 nitrogen and oxygen atoms in total. The highest BCUT2D eigenvalue weighted by Crippen LogP contribution is 2.34. The normalized spacial score (nSPS) is 21.5. The molecule has 1 aromatic carbocycles. The van der Waals surface area contributed by atoms with Gasteiger partial charge in [-0.25, -0.2) is 9.45 Å². The van der Waals surface area contributed by atoms with E-state index in [2.05, 4.69) is 0 Å². The monoisotopic (exact) mass is 295 g/mol. The number of nitrogens with zero attached hydrogens (tertiary/aromatic N) is 1. The first-order valence-electron chi connectivity index (χ1n) is 7.44. The van der Waals surface area contributed by atoms with E-state index in [1.165, 1.54) is 19.1 Å². The van der Waals surface area contributed by atoms with Crippen LogP contribution < -0.4 is 0 Å². The van der Waals surface area contributed by atoms with Crippen LogP contribution in [0.15, 0.2) is 24.3 Å². The maximum absolute atomic E-state index is 12.9. The lowest BCUT2D eigenvalue weighted by molar-refractivity contribution is -0.162. The first kappa shape index (κ1) is 15.9. The number of rotatable bonds is 6. The van der Waals surface area contributed by atoms with E-state index >= 15 is 0 Å². The third kappa shape index (κ3) is 4.79. The summed E-state index contributed by atoms with van der Waals surface area (Å²) in [5.74, 6) is -0.559. The summed E-state index contributed by atoms with van der Waals surface area (Å²) >= 11 is 0. The van der Waals surface area contributed by atoms with E-state index in [4.69, 9.17) is 4.74 Å². The van der Waals surface area contributed by atoms with Gasteiger partial charge in [-0.3, -0.25) is 10.0 Å². The number of hydrogen-bond acceptors (Lipinski definition) is 3. The largest absolute Gasteiger partial charge is 0.370 e. The van der Waals surface area contributed by atoms with Gasteiger partial charge in [0.2, 0.25) is 5.91 Å². The van der Waals surface area contributed by atoms with Crippen molar-refractivity contribution in [3.8, 4) is 0 Å². The number of benzene rings is 1. The van der Waals surface area contributed by atoms with Crippen LogP contribution >= 0.6 is 0 Å². The molecule has 0 radical (unpaired) electrons. The van der Waals surface area contributed by atoms with Crippen LogP contribution in [0.4, 0.5) is 4.39 Å². The molecule has 2 rings (SSSR count). The van der Waals surface area contributed by atoms with Crippen molar-refractivity contribution in [1.29, 1.82) is 0 Å². The van der Waals surface area contributed by atoms with Crippen LogP contribution in [0.3, 0.4) is 0 Å². The Kier molecular flexibility index (Phi) is 5.70. The Hall–Kier alpha value is -1.46. The molecule has 5 heteroatoms. The van der Waals surface area contributed by atoms with Crippen molar-refractivity contribution in [3.05, 3.63) is 35.6 Å². The molecule has 1 aromatic rings. The van der Waals surface area contributed by atoms with E-state index < -0.39 is 0 Å². The number of hydrogen-bond donors (Lipinski definition) is 1. The van der Waals surface area contributed by atoms with Crippen LogP contribution in [0.25, 0.3) is 0 Å². The molecular weight excluding hydrogens is 273 g/mol. The van der Waals surface area contributed by atoms with Gasteiger partial charge in [0.25, 0.3) is 0 Å². The molecular formula is C16H22FNO3. The third-order valence-electron chi connectivity index (χ3n) is 3.86. The lowest BCUT2D eigenvalue weighted by Crippen LogP contribution is -2.25. The molecule has 0 bridgehead atoms. The second-order valence-corrected chi connectivity index (χ2v) is 5.51. The molecule has 0 saturated carbocycles. The fourth-order valence-electron chi connectivity index (χ4n) is 2.63. The Morgan fingerprint density at radius 2 is 2.05 bits per heavy atom. The summed E-state index contributed by atoms with van der Waals surface area (Å²) in [5.41, 5.74) is 1.03. The Labute approximate surface area is 124 Å². The van der Waals surface area contributed by atoms with Crippen LogP contribution in [-0.2, 0) is 9.53 Å². The molecule has 1 fully saturated rings. The number of hydroxylamine groups is 2. The van der Waals surface area contributed by atoms with Crippen molar-refractivity contribution >= 4 is 5.91 Å². The zero-order valence-electron chi connectivity index (χ0n) is 12.3. The summed E-state index contributed by atoms with van der Waals surface area (Å²) in [5, 5.41) is 10.0. The van der Waals surface area contributed by atoms with Gasteiger partial charge >= 0.3 is 0 Å². The first-order chi connectivity index (χ1) is 10.1. The molecule has 1 heterocycles. The highest BCUT2D eigenvalue weighted by Gasteiger charge is 2.26. The van der Waals surface area contributed by atoms with Crippen molar-refractivity contribution in [2.45, 2.75) is 51.2 Å². The summed E-state index contributed by atoms with van der Waals surface area (Å²) in [6.45, 7) is 1.71. The molecule has 0 spiro atoms. The van der Waals surface area contributed by atoms with Crippen molar-refractivity contribution in [2.24, 2.45) is 0 Å². The molecule has 1 unspecified atom stereocenters. The first-order valence-corrected chi connectivity index (χ1v) is 7.44. The zero-order chi connectivity index (χ0) is 15.2. The minimum atomic E-state index is -0.330. The van der Waals surface area contributed by atoms with Gasteiger partial charge in [0.05, 0.1) is 12.2 Å². The molecule has 1 saturated heterocycles. The van der Waals surface area contributed by atoms with E-state index in [0.717, 1.165) is 42.7 Å². The van der Waals surface area contributed by atoms with Gasteiger partial charge in [-0.05, 0) is 49.8 Å². The van der Waals surface area contributed by atoms with Gasteiger partial charge in [-0.1, -0.05) is 12.1 Å². The van der Waals surface area contributed by atoms with Crippen LogP contribution in [0.1, 0.15) is 50.7 Å². The molecule has 1 amide bonds. The average molecular weight is 295 g/mol. The van der Waals surface area contributed by atoms with Crippen LogP contribution in [0.2, 0.25) is 0 Å². The molecule has 2 atom stereocenters. The number of halogens is 1. The van der Waals surface area contributed by atoms with Gasteiger partial charge in [0.15, 0.2) is 0 Å². The van der Waals surface area contributed by atoms with Crippen molar-refractivity contribution in [3.63, 3.8) is 0 Å². The minimum Gasteiger partial charge on any atom is -0.370 e. The summed E-state index contributed by atoms with van der Waals surface area (Å²) in [4.78, 5) is 10.8. The quantitative estimate of drug-likeness (QED) is 0.497. The molecule has 0 aliphatic carbocycles. The van der Waals surface area contributed by atoms with E-state index in [0.29, 0.717) is 6.54 Å². The van der Waals surface area contributed by atoms with Gasteiger partial charge < -0.3 is 4.74 Å². The maximum atomic E-state index is 12.9. The predicted molar refractivity (Wildman–Crippen MR) is 76.3 cm³/mol. The lowest BCUT2D eigenvalue weighted by Gasteiger charge is -2.15. The minimum absolute atomic E-state index is 0.0576.